The lowest BCUT2D eigenvalue weighted by Gasteiger charge is -2.20. The van der Waals surface area contributed by atoms with Crippen LogP contribution < -0.4 is 5.56 Å². The fourth-order valence-electron chi connectivity index (χ4n) is 4.27. The normalized spacial score (nSPS) is 14.5. The molecule has 0 aliphatic carbocycles. The molecule has 0 radical (unpaired) electrons. The Bertz CT molecular complexity index is 1140. The maximum absolute atomic E-state index is 13.3. The third kappa shape index (κ3) is 4.31. The van der Waals surface area contributed by atoms with Crippen molar-refractivity contribution in [2.24, 2.45) is 0 Å². The summed E-state index contributed by atoms with van der Waals surface area (Å²) in [5, 5.41) is 4.50. The van der Waals surface area contributed by atoms with Gasteiger partial charge < -0.3 is 9.47 Å². The minimum absolute atomic E-state index is 0.125. The van der Waals surface area contributed by atoms with E-state index in [1.165, 1.54) is 17.4 Å². The first-order chi connectivity index (χ1) is 15.1. The van der Waals surface area contributed by atoms with Gasteiger partial charge in [-0.15, -0.1) is 11.7 Å². The number of fused-ring (bicyclic) bond motifs is 1. The fourth-order valence-corrected chi connectivity index (χ4v) is 4.27. The van der Waals surface area contributed by atoms with Gasteiger partial charge in [-0.3, -0.25) is 9.59 Å². The molecule has 4 rings (SSSR count). The Hall–Kier alpha value is -3.22. The molecule has 31 heavy (non-hydrogen) atoms. The number of allylic oxidation sites excluding steroid dienone is 1. The van der Waals surface area contributed by atoms with Crippen molar-refractivity contribution in [2.45, 2.75) is 52.0 Å². The molecule has 0 atom stereocenters. The lowest BCUT2D eigenvalue weighted by molar-refractivity contribution is -0.131. The van der Waals surface area contributed by atoms with Crippen LogP contribution in [0, 0.1) is 6.92 Å². The molecule has 0 spiro atoms. The van der Waals surface area contributed by atoms with Gasteiger partial charge in [0.2, 0.25) is 11.7 Å². The topological polar surface area (TPSA) is 72.5 Å². The van der Waals surface area contributed by atoms with Crippen LogP contribution in [0.1, 0.15) is 43.4 Å². The van der Waals surface area contributed by atoms with Crippen LogP contribution in [0.3, 0.4) is 0 Å². The van der Waals surface area contributed by atoms with Crippen LogP contribution >= 0.6 is 0 Å². The number of hydrogen-bond donors (Lipinski definition) is 0. The number of carbonyl (C=O) groups is 1. The van der Waals surface area contributed by atoms with Crippen molar-refractivity contribution in [3.8, 4) is 11.4 Å². The lowest BCUT2D eigenvalue weighted by Crippen LogP contribution is -2.33. The van der Waals surface area contributed by atoms with E-state index in [4.69, 9.17) is 0 Å². The summed E-state index contributed by atoms with van der Waals surface area (Å²) in [5.74, 6) is 1.12. The number of benzene rings is 1. The van der Waals surface area contributed by atoms with E-state index in [1.54, 1.807) is 6.08 Å². The first kappa shape index (κ1) is 21.0. The van der Waals surface area contributed by atoms with E-state index in [-0.39, 0.29) is 11.5 Å². The third-order valence-corrected chi connectivity index (χ3v) is 6.01. The van der Waals surface area contributed by atoms with Gasteiger partial charge >= 0.3 is 0 Å². The number of hydrogen-bond acceptors (Lipinski definition) is 4. The van der Waals surface area contributed by atoms with Gasteiger partial charge in [0, 0.05) is 42.9 Å². The van der Waals surface area contributed by atoms with E-state index >= 15 is 0 Å². The van der Waals surface area contributed by atoms with Gasteiger partial charge in [0.15, 0.2) is 5.82 Å². The van der Waals surface area contributed by atoms with Crippen molar-refractivity contribution in [2.75, 3.05) is 13.1 Å². The number of carbonyl (C=O) groups excluding carboxylic acids is 1. The molecule has 3 aromatic rings. The highest BCUT2D eigenvalue weighted by molar-refractivity contribution is 5.76. The number of rotatable bonds is 6. The Kier molecular flexibility index (Phi) is 6.30. The molecule has 1 aliphatic heterocycles. The highest BCUT2D eigenvalue weighted by Crippen LogP contribution is 2.18. The largest absolute Gasteiger partial charge is 0.343 e. The average Bonchev–Trinajstić information content (AvgIpc) is 3.05. The molecule has 0 saturated carbocycles. The standard InChI is InChI=1S/C24H29N5O2/c1-3-15-28-18(2)20(13-14-21(30)27-16-9-4-5-10-17-27)23(31)29-24(28)25-22(26-29)19-11-7-6-8-12-19/h3,6-8,11-12H,1,4-5,9-10,13-17H2,2H3. The summed E-state index contributed by atoms with van der Waals surface area (Å²) in [5.41, 5.74) is 2.08. The smallest absolute Gasteiger partial charge is 0.279 e. The minimum atomic E-state index is -0.203. The fraction of sp³-hybridized carbons (Fsp3) is 0.417. The zero-order chi connectivity index (χ0) is 21.8. The third-order valence-electron chi connectivity index (χ3n) is 6.01. The SMILES string of the molecule is C=CCn1c(C)c(CCC(=O)N2CCCCCC2)c(=O)n2nc(-c3ccccc3)nc12. The molecule has 1 saturated heterocycles. The number of nitrogens with zero attached hydrogens (tertiary/aromatic N) is 5. The lowest BCUT2D eigenvalue weighted by atomic mass is 10.1. The average molecular weight is 420 g/mol. The van der Waals surface area contributed by atoms with Crippen LogP contribution in [-0.2, 0) is 17.8 Å². The van der Waals surface area contributed by atoms with Gasteiger partial charge in [-0.05, 0) is 26.2 Å². The van der Waals surface area contributed by atoms with Crippen molar-refractivity contribution in [3.05, 3.63) is 64.6 Å². The maximum atomic E-state index is 13.3. The van der Waals surface area contributed by atoms with Crippen molar-refractivity contribution < 1.29 is 4.79 Å². The Morgan fingerprint density at radius 3 is 2.52 bits per heavy atom. The summed E-state index contributed by atoms with van der Waals surface area (Å²) in [6.45, 7) is 7.91. The molecule has 7 nitrogen and oxygen atoms in total. The minimum Gasteiger partial charge on any atom is -0.343 e. The van der Waals surface area contributed by atoms with E-state index in [9.17, 15) is 9.59 Å². The molecule has 0 N–H and O–H groups in total. The summed E-state index contributed by atoms with van der Waals surface area (Å²) < 4.78 is 3.31. The van der Waals surface area contributed by atoms with Crippen LogP contribution in [0.2, 0.25) is 0 Å². The van der Waals surface area contributed by atoms with Gasteiger partial charge in [-0.1, -0.05) is 49.2 Å². The highest BCUT2D eigenvalue weighted by Gasteiger charge is 2.21. The predicted octanol–water partition coefficient (Wildman–Crippen LogP) is 3.39. The van der Waals surface area contributed by atoms with E-state index in [1.807, 2.05) is 46.7 Å². The second-order valence-corrected chi connectivity index (χ2v) is 8.08. The zero-order valence-electron chi connectivity index (χ0n) is 18.1. The van der Waals surface area contributed by atoms with Gasteiger partial charge in [0.1, 0.15) is 0 Å². The highest BCUT2D eigenvalue weighted by atomic mass is 16.2. The summed E-state index contributed by atoms with van der Waals surface area (Å²) in [6, 6.07) is 9.61. The second-order valence-electron chi connectivity index (χ2n) is 8.08. The molecule has 0 unspecified atom stereocenters. The van der Waals surface area contributed by atoms with Crippen LogP contribution in [0.25, 0.3) is 17.2 Å². The molecular formula is C24H29N5O2. The van der Waals surface area contributed by atoms with E-state index in [2.05, 4.69) is 16.7 Å². The Morgan fingerprint density at radius 2 is 1.84 bits per heavy atom. The molecule has 1 fully saturated rings. The van der Waals surface area contributed by atoms with Crippen LogP contribution in [0.5, 0.6) is 0 Å². The number of aromatic nitrogens is 4. The second kappa shape index (κ2) is 9.29. The first-order valence-corrected chi connectivity index (χ1v) is 11.0. The molecule has 1 aromatic carbocycles. The summed E-state index contributed by atoms with van der Waals surface area (Å²) in [7, 11) is 0. The Balaban J connectivity index is 1.69. The van der Waals surface area contributed by atoms with E-state index in [0.29, 0.717) is 36.6 Å². The van der Waals surface area contributed by atoms with Gasteiger partial charge in [-0.2, -0.15) is 9.50 Å². The molecule has 7 heteroatoms. The number of likely N-dealkylation sites (tertiary alicyclic amines) is 1. The van der Waals surface area contributed by atoms with Crippen LogP contribution in [0.15, 0.2) is 47.8 Å². The van der Waals surface area contributed by atoms with Gasteiger partial charge in [0.25, 0.3) is 5.56 Å². The van der Waals surface area contributed by atoms with Crippen LogP contribution in [0.4, 0.5) is 0 Å². The monoisotopic (exact) mass is 419 g/mol. The van der Waals surface area contributed by atoms with Gasteiger partial charge in [-0.25, -0.2) is 0 Å². The number of amides is 1. The summed E-state index contributed by atoms with van der Waals surface area (Å²) in [6.07, 6.45) is 6.99. The molecule has 1 aliphatic rings. The Morgan fingerprint density at radius 1 is 1.13 bits per heavy atom. The maximum Gasteiger partial charge on any atom is 0.279 e. The van der Waals surface area contributed by atoms with Crippen LogP contribution in [-0.4, -0.2) is 43.1 Å². The van der Waals surface area contributed by atoms with E-state index in [0.717, 1.165) is 37.2 Å². The van der Waals surface area contributed by atoms with Gasteiger partial charge in [0.05, 0.1) is 0 Å². The summed E-state index contributed by atoms with van der Waals surface area (Å²) >= 11 is 0. The Labute approximate surface area is 182 Å². The molecule has 2 aromatic heterocycles. The quantitative estimate of drug-likeness (QED) is 0.574. The van der Waals surface area contributed by atoms with Crippen molar-refractivity contribution in [1.82, 2.24) is 24.1 Å². The zero-order valence-corrected chi connectivity index (χ0v) is 18.1. The molecular weight excluding hydrogens is 390 g/mol. The molecule has 162 valence electrons. The molecule has 0 bridgehead atoms. The molecule has 1 amide bonds. The van der Waals surface area contributed by atoms with E-state index < -0.39 is 0 Å². The van der Waals surface area contributed by atoms with Crippen molar-refractivity contribution in [1.29, 1.82) is 0 Å². The van der Waals surface area contributed by atoms with Crippen molar-refractivity contribution >= 4 is 11.7 Å². The summed E-state index contributed by atoms with van der Waals surface area (Å²) in [4.78, 5) is 32.7. The predicted molar refractivity (Wildman–Crippen MR) is 121 cm³/mol. The first-order valence-electron chi connectivity index (χ1n) is 11.0. The molecule has 3 heterocycles. The van der Waals surface area contributed by atoms with Crippen molar-refractivity contribution in [3.63, 3.8) is 0 Å².